The summed E-state index contributed by atoms with van der Waals surface area (Å²) in [6.07, 6.45) is 2.06. The number of rotatable bonds is 6. The van der Waals surface area contributed by atoms with Crippen LogP contribution in [0, 0.1) is 17.2 Å². The molecule has 0 bridgehead atoms. The molecule has 0 fully saturated rings. The highest BCUT2D eigenvalue weighted by molar-refractivity contribution is 5.93. The Bertz CT molecular complexity index is 474. The first-order chi connectivity index (χ1) is 9.45. The van der Waals surface area contributed by atoms with Crippen LogP contribution < -0.4 is 4.90 Å². The molecule has 0 saturated heterocycles. The number of aromatic nitrogens is 1. The summed E-state index contributed by atoms with van der Waals surface area (Å²) in [5, 5.41) is 8.73. The molecule has 0 aliphatic heterocycles. The van der Waals surface area contributed by atoms with Crippen LogP contribution in [0.4, 0.5) is 5.82 Å². The van der Waals surface area contributed by atoms with Crippen LogP contribution in [0.1, 0.15) is 30.6 Å². The third kappa shape index (κ3) is 4.54. The van der Waals surface area contributed by atoms with Gasteiger partial charge in [-0.25, -0.2) is 4.98 Å². The Morgan fingerprint density at radius 2 is 2.10 bits per heavy atom. The van der Waals surface area contributed by atoms with Crippen molar-refractivity contribution in [2.24, 2.45) is 5.92 Å². The molecule has 5 nitrogen and oxygen atoms in total. The van der Waals surface area contributed by atoms with Gasteiger partial charge in [0.15, 0.2) is 0 Å². The summed E-state index contributed by atoms with van der Waals surface area (Å²) in [6, 6.07) is 5.78. The van der Waals surface area contributed by atoms with E-state index in [0.717, 1.165) is 12.4 Å². The Balaban J connectivity index is 2.87. The third-order valence-corrected chi connectivity index (χ3v) is 2.80. The number of hydrogen-bond acceptors (Lipinski definition) is 4. The topological polar surface area (TPSA) is 60.2 Å². The molecule has 1 aromatic heterocycles. The molecular weight excluding hydrogens is 252 g/mol. The number of nitrogens with zero attached hydrogens (tertiary/aromatic N) is 4. The number of carbonyl (C=O) groups excluding carboxylic acids is 1. The fraction of sp³-hybridized carbons (Fsp3) is 0.533. The van der Waals surface area contributed by atoms with Crippen molar-refractivity contribution in [1.29, 1.82) is 5.26 Å². The molecule has 0 spiro atoms. The summed E-state index contributed by atoms with van der Waals surface area (Å²) in [5.74, 6) is 1.24. The van der Waals surface area contributed by atoms with Crippen molar-refractivity contribution in [3.05, 3.63) is 23.9 Å². The lowest BCUT2D eigenvalue weighted by Gasteiger charge is -2.24. The summed E-state index contributed by atoms with van der Waals surface area (Å²) < 4.78 is 0. The van der Waals surface area contributed by atoms with E-state index in [9.17, 15) is 4.79 Å². The van der Waals surface area contributed by atoms with Gasteiger partial charge in [0.1, 0.15) is 5.82 Å². The normalized spacial score (nSPS) is 10.2. The second-order valence-corrected chi connectivity index (χ2v) is 5.35. The van der Waals surface area contributed by atoms with Crippen molar-refractivity contribution in [2.75, 3.05) is 32.1 Å². The molecule has 0 aliphatic rings. The monoisotopic (exact) mass is 274 g/mol. The average molecular weight is 274 g/mol. The van der Waals surface area contributed by atoms with E-state index in [2.05, 4.69) is 29.8 Å². The molecule has 0 N–H and O–H groups in total. The van der Waals surface area contributed by atoms with E-state index in [-0.39, 0.29) is 5.91 Å². The van der Waals surface area contributed by atoms with Crippen LogP contribution in [0.2, 0.25) is 0 Å². The first-order valence-electron chi connectivity index (χ1n) is 6.75. The van der Waals surface area contributed by atoms with Gasteiger partial charge in [-0.1, -0.05) is 13.8 Å². The molecule has 1 rings (SSSR count). The Kier molecular flexibility index (Phi) is 5.98. The lowest BCUT2D eigenvalue weighted by Crippen LogP contribution is -2.29. The largest absolute Gasteiger partial charge is 0.355 e. The Hall–Kier alpha value is -2.09. The highest BCUT2D eigenvalue weighted by atomic mass is 16.2. The summed E-state index contributed by atoms with van der Waals surface area (Å²) in [6.45, 7) is 5.75. The summed E-state index contributed by atoms with van der Waals surface area (Å²) in [7, 11) is 3.43. The highest BCUT2D eigenvalue weighted by Gasteiger charge is 2.12. The minimum Gasteiger partial charge on any atom is -0.355 e. The van der Waals surface area contributed by atoms with E-state index in [1.807, 2.05) is 6.07 Å². The number of hydrogen-bond donors (Lipinski definition) is 0. The van der Waals surface area contributed by atoms with Crippen LogP contribution in [0.25, 0.3) is 0 Å². The lowest BCUT2D eigenvalue weighted by atomic mass is 10.2. The molecule has 5 heteroatoms. The zero-order valence-electron chi connectivity index (χ0n) is 12.6. The third-order valence-electron chi connectivity index (χ3n) is 2.80. The van der Waals surface area contributed by atoms with Gasteiger partial charge in [-0.05, 0) is 18.1 Å². The Morgan fingerprint density at radius 1 is 1.40 bits per heavy atom. The molecule has 20 heavy (non-hydrogen) atoms. The van der Waals surface area contributed by atoms with E-state index >= 15 is 0 Å². The lowest BCUT2D eigenvalue weighted by molar-refractivity contribution is 0.0827. The Labute approximate surface area is 120 Å². The molecule has 0 aromatic carbocycles. The molecule has 1 heterocycles. The van der Waals surface area contributed by atoms with Crippen LogP contribution in [0.15, 0.2) is 18.3 Å². The van der Waals surface area contributed by atoms with Crippen LogP contribution in [-0.4, -0.2) is 43.0 Å². The van der Waals surface area contributed by atoms with E-state index in [0.29, 0.717) is 24.4 Å². The van der Waals surface area contributed by atoms with E-state index in [4.69, 9.17) is 5.26 Å². The molecule has 108 valence electrons. The molecule has 0 aliphatic carbocycles. The second-order valence-electron chi connectivity index (χ2n) is 5.35. The highest BCUT2D eigenvalue weighted by Crippen LogP contribution is 2.14. The summed E-state index contributed by atoms with van der Waals surface area (Å²) in [4.78, 5) is 19.8. The first kappa shape index (κ1) is 16.0. The minimum atomic E-state index is -0.0588. The van der Waals surface area contributed by atoms with Crippen molar-refractivity contribution in [1.82, 2.24) is 9.88 Å². The van der Waals surface area contributed by atoms with Crippen molar-refractivity contribution in [2.45, 2.75) is 20.3 Å². The molecule has 1 aromatic rings. The maximum absolute atomic E-state index is 11.8. The van der Waals surface area contributed by atoms with Gasteiger partial charge in [-0.3, -0.25) is 4.79 Å². The van der Waals surface area contributed by atoms with Crippen LogP contribution in [0.5, 0.6) is 0 Å². The van der Waals surface area contributed by atoms with E-state index in [1.165, 1.54) is 4.90 Å². The molecular formula is C15H22N4O. The maximum Gasteiger partial charge on any atom is 0.254 e. The van der Waals surface area contributed by atoms with E-state index < -0.39 is 0 Å². The number of pyridine rings is 1. The number of amides is 1. The zero-order chi connectivity index (χ0) is 15.1. The van der Waals surface area contributed by atoms with Gasteiger partial charge in [-0.2, -0.15) is 5.26 Å². The average Bonchev–Trinajstić information content (AvgIpc) is 2.42. The van der Waals surface area contributed by atoms with Gasteiger partial charge in [0.25, 0.3) is 5.91 Å². The first-order valence-corrected chi connectivity index (χ1v) is 6.75. The smallest absolute Gasteiger partial charge is 0.254 e. The van der Waals surface area contributed by atoms with Crippen molar-refractivity contribution in [3.8, 4) is 6.07 Å². The Morgan fingerprint density at radius 3 is 2.55 bits per heavy atom. The van der Waals surface area contributed by atoms with Gasteiger partial charge in [0.05, 0.1) is 18.1 Å². The number of nitriles is 1. The fourth-order valence-electron chi connectivity index (χ4n) is 1.88. The van der Waals surface area contributed by atoms with Gasteiger partial charge in [0.2, 0.25) is 0 Å². The van der Waals surface area contributed by atoms with Gasteiger partial charge >= 0.3 is 0 Å². The molecule has 0 saturated carbocycles. The van der Waals surface area contributed by atoms with Gasteiger partial charge in [0, 0.05) is 33.4 Å². The molecule has 0 radical (unpaired) electrons. The van der Waals surface area contributed by atoms with Crippen LogP contribution in [-0.2, 0) is 0 Å². The second kappa shape index (κ2) is 7.49. The number of anilines is 1. The van der Waals surface area contributed by atoms with Crippen LogP contribution >= 0.6 is 0 Å². The molecule has 1 amide bonds. The van der Waals surface area contributed by atoms with Crippen LogP contribution in [0.3, 0.4) is 0 Å². The van der Waals surface area contributed by atoms with Crippen molar-refractivity contribution in [3.63, 3.8) is 0 Å². The molecule has 0 unspecified atom stereocenters. The van der Waals surface area contributed by atoms with Gasteiger partial charge < -0.3 is 9.80 Å². The summed E-state index contributed by atoms with van der Waals surface area (Å²) in [5.41, 5.74) is 0.573. The SMILES string of the molecule is CC(C)CN(CCC#N)c1ccc(C(=O)N(C)C)cn1. The van der Waals surface area contributed by atoms with Crippen molar-refractivity contribution < 1.29 is 4.79 Å². The quantitative estimate of drug-likeness (QED) is 0.797. The summed E-state index contributed by atoms with van der Waals surface area (Å²) >= 11 is 0. The number of carbonyl (C=O) groups is 1. The molecule has 0 atom stereocenters. The minimum absolute atomic E-state index is 0.0588. The zero-order valence-corrected chi connectivity index (χ0v) is 12.6. The van der Waals surface area contributed by atoms with E-state index in [1.54, 1.807) is 26.4 Å². The predicted octanol–water partition coefficient (Wildman–Crippen LogP) is 2.16. The van der Waals surface area contributed by atoms with Gasteiger partial charge in [-0.15, -0.1) is 0 Å². The predicted molar refractivity (Wildman–Crippen MR) is 79.5 cm³/mol. The maximum atomic E-state index is 11.8. The standard InChI is InChI=1S/C15H22N4O/c1-12(2)11-19(9-5-8-16)14-7-6-13(10-17-14)15(20)18(3)4/h6-7,10,12H,5,9,11H2,1-4H3. The fourth-order valence-corrected chi connectivity index (χ4v) is 1.88. The van der Waals surface area contributed by atoms with Crippen molar-refractivity contribution >= 4 is 11.7 Å².